The highest BCUT2D eigenvalue weighted by atomic mass is 16.2. The maximum absolute atomic E-state index is 12.8. The molecule has 1 aliphatic carbocycles. The van der Waals surface area contributed by atoms with Crippen molar-refractivity contribution in [2.45, 2.75) is 26.7 Å². The number of amides is 2. The number of fused-ring (bicyclic) bond motifs is 1. The molecule has 2 aromatic rings. The van der Waals surface area contributed by atoms with E-state index in [1.165, 1.54) is 5.56 Å². The zero-order chi connectivity index (χ0) is 17.6. The monoisotopic (exact) mass is 334 g/mol. The third-order valence-electron chi connectivity index (χ3n) is 5.33. The molecule has 0 saturated heterocycles. The van der Waals surface area contributed by atoms with Crippen LogP contribution in [-0.2, 0) is 16.0 Å². The van der Waals surface area contributed by atoms with Crippen LogP contribution in [0.25, 0.3) is 0 Å². The average molecular weight is 334 g/mol. The number of hydrogen-bond donors (Lipinski definition) is 1. The molecule has 1 N–H and O–H groups in total. The molecule has 25 heavy (non-hydrogen) atoms. The predicted octanol–water partition coefficient (Wildman–Crippen LogP) is 3.47. The summed E-state index contributed by atoms with van der Waals surface area (Å²) in [6, 6.07) is 14.0. The van der Waals surface area contributed by atoms with Crippen LogP contribution in [0.4, 0.5) is 11.4 Å². The van der Waals surface area contributed by atoms with Crippen LogP contribution in [0.15, 0.2) is 42.5 Å². The summed E-state index contributed by atoms with van der Waals surface area (Å²) in [5.74, 6) is -0.343. The first-order valence-corrected chi connectivity index (χ1v) is 8.82. The van der Waals surface area contributed by atoms with Crippen LogP contribution in [0.1, 0.15) is 23.1 Å². The van der Waals surface area contributed by atoms with Gasteiger partial charge in [-0.05, 0) is 49.4 Å². The summed E-state index contributed by atoms with van der Waals surface area (Å²) in [5.41, 5.74) is 5.19. The van der Waals surface area contributed by atoms with Crippen LogP contribution < -0.4 is 10.2 Å². The Morgan fingerprint density at radius 3 is 2.48 bits per heavy atom. The highest BCUT2D eigenvalue weighted by molar-refractivity contribution is 6.05. The molecule has 4 nitrogen and oxygen atoms in total. The van der Waals surface area contributed by atoms with Crippen molar-refractivity contribution in [1.82, 2.24) is 0 Å². The first-order valence-electron chi connectivity index (χ1n) is 8.82. The van der Waals surface area contributed by atoms with E-state index in [0.29, 0.717) is 6.42 Å². The van der Waals surface area contributed by atoms with E-state index in [0.717, 1.165) is 35.5 Å². The summed E-state index contributed by atoms with van der Waals surface area (Å²) in [6.07, 6.45) is 1.54. The van der Waals surface area contributed by atoms with E-state index in [-0.39, 0.29) is 23.7 Å². The lowest BCUT2D eigenvalue weighted by molar-refractivity contribution is -0.123. The Morgan fingerprint density at radius 1 is 1.00 bits per heavy atom. The molecule has 0 aromatic heterocycles. The molecule has 0 spiro atoms. The van der Waals surface area contributed by atoms with Gasteiger partial charge in [0.15, 0.2) is 0 Å². The summed E-state index contributed by atoms with van der Waals surface area (Å²) in [4.78, 5) is 27.2. The van der Waals surface area contributed by atoms with Crippen LogP contribution in [0.2, 0.25) is 0 Å². The van der Waals surface area contributed by atoms with Crippen LogP contribution in [0, 0.1) is 25.7 Å². The van der Waals surface area contributed by atoms with Crippen molar-refractivity contribution in [2.75, 3.05) is 16.8 Å². The fraction of sp³-hybridized carbons (Fsp3) is 0.333. The summed E-state index contributed by atoms with van der Waals surface area (Å²) >= 11 is 0. The average Bonchev–Trinajstić information content (AvgIpc) is 3.30. The Morgan fingerprint density at radius 2 is 1.72 bits per heavy atom. The van der Waals surface area contributed by atoms with E-state index in [1.807, 2.05) is 55.1 Å². The highest BCUT2D eigenvalue weighted by Gasteiger charge is 2.50. The summed E-state index contributed by atoms with van der Waals surface area (Å²) < 4.78 is 0. The van der Waals surface area contributed by atoms with Crippen LogP contribution in [0.5, 0.6) is 0 Å². The molecule has 0 radical (unpaired) electrons. The molecule has 2 unspecified atom stereocenters. The molecule has 1 heterocycles. The van der Waals surface area contributed by atoms with E-state index in [9.17, 15) is 9.59 Å². The normalized spacial score (nSPS) is 21.0. The van der Waals surface area contributed by atoms with Crippen molar-refractivity contribution in [3.63, 3.8) is 0 Å². The lowest BCUT2D eigenvalue weighted by Crippen LogP contribution is -2.32. The molecule has 2 amide bonds. The van der Waals surface area contributed by atoms with Crippen LogP contribution >= 0.6 is 0 Å². The van der Waals surface area contributed by atoms with Gasteiger partial charge < -0.3 is 10.2 Å². The predicted molar refractivity (Wildman–Crippen MR) is 98.6 cm³/mol. The van der Waals surface area contributed by atoms with E-state index >= 15 is 0 Å². The molecule has 1 aliphatic heterocycles. The maximum atomic E-state index is 12.8. The topological polar surface area (TPSA) is 49.4 Å². The Labute approximate surface area is 147 Å². The molecule has 0 bridgehead atoms. The SMILES string of the molecule is Cc1cccc(C)c1NC(=O)C1CC1C(=O)N1CCc2ccccc21. The minimum absolute atomic E-state index is 0.0387. The van der Waals surface area contributed by atoms with Gasteiger partial charge in [-0.3, -0.25) is 9.59 Å². The van der Waals surface area contributed by atoms with Crippen LogP contribution in [0.3, 0.4) is 0 Å². The lowest BCUT2D eigenvalue weighted by Gasteiger charge is -2.17. The van der Waals surface area contributed by atoms with E-state index < -0.39 is 0 Å². The molecule has 4 heteroatoms. The number of nitrogens with zero attached hydrogens (tertiary/aromatic N) is 1. The number of aryl methyl sites for hydroxylation is 2. The fourth-order valence-corrected chi connectivity index (χ4v) is 3.75. The van der Waals surface area contributed by atoms with Gasteiger partial charge in [-0.1, -0.05) is 36.4 Å². The van der Waals surface area contributed by atoms with Crippen molar-refractivity contribution < 1.29 is 9.59 Å². The van der Waals surface area contributed by atoms with E-state index in [1.54, 1.807) is 0 Å². The van der Waals surface area contributed by atoms with E-state index in [2.05, 4.69) is 11.4 Å². The van der Waals surface area contributed by atoms with Gasteiger partial charge in [-0.15, -0.1) is 0 Å². The number of para-hydroxylation sites is 2. The number of hydrogen-bond acceptors (Lipinski definition) is 2. The molecule has 2 atom stereocenters. The maximum Gasteiger partial charge on any atom is 0.230 e. The number of carbonyl (C=O) groups excluding carboxylic acids is 2. The molecular weight excluding hydrogens is 312 g/mol. The molecule has 4 rings (SSSR count). The molecule has 128 valence electrons. The van der Waals surface area contributed by atoms with Crippen molar-refractivity contribution >= 4 is 23.2 Å². The number of carbonyl (C=O) groups is 2. The zero-order valence-corrected chi connectivity index (χ0v) is 14.6. The van der Waals surface area contributed by atoms with Gasteiger partial charge in [0.05, 0.1) is 11.8 Å². The minimum Gasteiger partial charge on any atom is -0.325 e. The van der Waals surface area contributed by atoms with Gasteiger partial charge in [-0.25, -0.2) is 0 Å². The fourth-order valence-electron chi connectivity index (χ4n) is 3.75. The standard InChI is InChI=1S/C21H22N2O2/c1-13-6-5-7-14(2)19(13)22-20(24)16-12-17(16)21(25)23-11-10-15-8-3-4-9-18(15)23/h3-9,16-17H,10-12H2,1-2H3,(H,22,24). The second kappa shape index (κ2) is 6.03. The van der Waals surface area contributed by atoms with Gasteiger partial charge in [0.25, 0.3) is 0 Å². The molecule has 2 aromatic carbocycles. The van der Waals surface area contributed by atoms with Gasteiger partial charge in [0.1, 0.15) is 0 Å². The number of benzene rings is 2. The lowest BCUT2D eigenvalue weighted by atomic mass is 10.1. The minimum atomic E-state index is -0.209. The Bertz CT molecular complexity index is 838. The Hall–Kier alpha value is -2.62. The van der Waals surface area contributed by atoms with Gasteiger partial charge in [0.2, 0.25) is 11.8 Å². The highest BCUT2D eigenvalue weighted by Crippen LogP contribution is 2.43. The Kier molecular flexibility index (Phi) is 3.83. The third-order valence-corrected chi connectivity index (χ3v) is 5.33. The van der Waals surface area contributed by atoms with Gasteiger partial charge in [0, 0.05) is 17.9 Å². The second-order valence-corrected chi connectivity index (χ2v) is 7.07. The first kappa shape index (κ1) is 15.9. The third kappa shape index (κ3) is 2.82. The van der Waals surface area contributed by atoms with E-state index in [4.69, 9.17) is 0 Å². The molecule has 2 aliphatic rings. The number of nitrogens with one attached hydrogen (secondary N) is 1. The quantitative estimate of drug-likeness (QED) is 0.934. The molecule has 1 fully saturated rings. The zero-order valence-electron chi connectivity index (χ0n) is 14.6. The summed E-state index contributed by atoms with van der Waals surface area (Å²) in [6.45, 7) is 4.69. The summed E-state index contributed by atoms with van der Waals surface area (Å²) in [7, 11) is 0. The van der Waals surface area contributed by atoms with Crippen molar-refractivity contribution in [3.8, 4) is 0 Å². The van der Waals surface area contributed by atoms with Crippen LogP contribution in [-0.4, -0.2) is 18.4 Å². The smallest absolute Gasteiger partial charge is 0.230 e. The van der Waals surface area contributed by atoms with Gasteiger partial charge >= 0.3 is 0 Å². The number of rotatable bonds is 3. The molecule has 1 saturated carbocycles. The molecular formula is C21H22N2O2. The first-order chi connectivity index (χ1) is 12.1. The van der Waals surface area contributed by atoms with Gasteiger partial charge in [-0.2, -0.15) is 0 Å². The second-order valence-electron chi connectivity index (χ2n) is 7.07. The van der Waals surface area contributed by atoms with Crippen molar-refractivity contribution in [3.05, 3.63) is 59.2 Å². The Balaban J connectivity index is 1.44. The van der Waals surface area contributed by atoms with Crippen molar-refractivity contribution in [1.29, 1.82) is 0 Å². The summed E-state index contributed by atoms with van der Waals surface area (Å²) in [5, 5.41) is 3.03. The largest absolute Gasteiger partial charge is 0.325 e. The van der Waals surface area contributed by atoms with Crippen molar-refractivity contribution in [2.24, 2.45) is 11.8 Å². The number of anilines is 2.